The molecule has 0 unspecified atom stereocenters. The standard InChI is InChI=1S/C16H19FN4O2/c1-11(22)20-12-4-5-13(17)14(8-12)19-9-15(23)21-16(10-18)6-2-3-7-16/h4-5,8,19H,2-3,6-7,9H2,1H3,(H,20,22)(H,21,23). The summed E-state index contributed by atoms with van der Waals surface area (Å²) >= 11 is 0. The zero-order valence-corrected chi connectivity index (χ0v) is 12.9. The van der Waals surface area contributed by atoms with Crippen molar-refractivity contribution in [3.8, 4) is 6.07 Å². The highest BCUT2D eigenvalue weighted by Gasteiger charge is 2.35. The maximum atomic E-state index is 13.7. The van der Waals surface area contributed by atoms with Crippen molar-refractivity contribution in [3.05, 3.63) is 24.0 Å². The molecule has 3 N–H and O–H groups in total. The van der Waals surface area contributed by atoms with Gasteiger partial charge < -0.3 is 16.0 Å². The quantitative estimate of drug-likeness (QED) is 0.775. The van der Waals surface area contributed by atoms with Crippen molar-refractivity contribution in [2.45, 2.75) is 38.1 Å². The van der Waals surface area contributed by atoms with E-state index in [0.29, 0.717) is 18.5 Å². The summed E-state index contributed by atoms with van der Waals surface area (Å²) in [7, 11) is 0. The number of rotatable bonds is 5. The summed E-state index contributed by atoms with van der Waals surface area (Å²) in [6.07, 6.45) is 3.10. The van der Waals surface area contributed by atoms with E-state index in [1.165, 1.54) is 25.1 Å². The molecular formula is C16H19FN4O2. The number of benzene rings is 1. The van der Waals surface area contributed by atoms with Crippen LogP contribution in [0.5, 0.6) is 0 Å². The van der Waals surface area contributed by atoms with E-state index in [2.05, 4.69) is 22.0 Å². The summed E-state index contributed by atoms with van der Waals surface area (Å²) < 4.78 is 13.7. The van der Waals surface area contributed by atoms with E-state index in [9.17, 15) is 19.2 Å². The van der Waals surface area contributed by atoms with Gasteiger partial charge in [0.15, 0.2) is 0 Å². The Hall–Kier alpha value is -2.62. The van der Waals surface area contributed by atoms with E-state index in [1.807, 2.05) is 0 Å². The third-order valence-electron chi connectivity index (χ3n) is 3.78. The van der Waals surface area contributed by atoms with Crippen molar-refractivity contribution in [3.63, 3.8) is 0 Å². The highest BCUT2D eigenvalue weighted by molar-refractivity contribution is 5.89. The molecule has 0 radical (unpaired) electrons. The van der Waals surface area contributed by atoms with Crippen LogP contribution in [0.4, 0.5) is 15.8 Å². The van der Waals surface area contributed by atoms with Gasteiger partial charge in [0.05, 0.1) is 18.3 Å². The Morgan fingerprint density at radius 2 is 2.04 bits per heavy atom. The van der Waals surface area contributed by atoms with Crippen LogP contribution in [-0.4, -0.2) is 23.9 Å². The van der Waals surface area contributed by atoms with Gasteiger partial charge in [0.25, 0.3) is 0 Å². The Labute approximate surface area is 134 Å². The van der Waals surface area contributed by atoms with Crippen molar-refractivity contribution < 1.29 is 14.0 Å². The van der Waals surface area contributed by atoms with Crippen molar-refractivity contribution in [1.29, 1.82) is 5.26 Å². The summed E-state index contributed by atoms with van der Waals surface area (Å²) in [6.45, 7) is 1.21. The number of halogens is 1. The first-order valence-electron chi connectivity index (χ1n) is 7.47. The number of nitrogens with one attached hydrogen (secondary N) is 3. The van der Waals surface area contributed by atoms with Gasteiger partial charge in [-0.25, -0.2) is 4.39 Å². The zero-order valence-electron chi connectivity index (χ0n) is 12.9. The molecule has 1 aliphatic rings. The summed E-state index contributed by atoms with van der Waals surface area (Å²) in [6, 6.07) is 6.23. The third-order valence-corrected chi connectivity index (χ3v) is 3.78. The van der Waals surface area contributed by atoms with Gasteiger partial charge in [0.2, 0.25) is 11.8 Å². The lowest BCUT2D eigenvalue weighted by molar-refractivity contribution is -0.120. The van der Waals surface area contributed by atoms with E-state index in [0.717, 1.165) is 12.8 Å². The minimum Gasteiger partial charge on any atom is -0.374 e. The molecule has 6 nitrogen and oxygen atoms in total. The molecule has 0 aromatic heterocycles. The van der Waals surface area contributed by atoms with E-state index in [4.69, 9.17) is 0 Å². The fourth-order valence-corrected chi connectivity index (χ4v) is 2.67. The molecule has 1 fully saturated rings. The van der Waals surface area contributed by atoms with Crippen LogP contribution in [0.25, 0.3) is 0 Å². The Morgan fingerprint density at radius 1 is 1.35 bits per heavy atom. The van der Waals surface area contributed by atoms with Gasteiger partial charge in [0, 0.05) is 12.6 Å². The van der Waals surface area contributed by atoms with Gasteiger partial charge in [-0.3, -0.25) is 9.59 Å². The Bertz CT molecular complexity index is 648. The van der Waals surface area contributed by atoms with Crippen molar-refractivity contribution in [1.82, 2.24) is 5.32 Å². The Balaban J connectivity index is 1.96. The molecule has 0 saturated heterocycles. The van der Waals surface area contributed by atoms with Gasteiger partial charge in [0.1, 0.15) is 11.4 Å². The minimum atomic E-state index is -0.796. The lowest BCUT2D eigenvalue weighted by atomic mass is 10.00. The summed E-state index contributed by atoms with van der Waals surface area (Å²) in [5.41, 5.74) is -0.245. The van der Waals surface area contributed by atoms with Gasteiger partial charge in [-0.05, 0) is 43.9 Å². The molecular weight excluding hydrogens is 299 g/mol. The summed E-state index contributed by atoms with van der Waals surface area (Å²) in [5.74, 6) is -1.15. The molecule has 1 aromatic rings. The predicted molar refractivity (Wildman–Crippen MR) is 84.1 cm³/mol. The smallest absolute Gasteiger partial charge is 0.240 e. The SMILES string of the molecule is CC(=O)Nc1ccc(F)c(NCC(=O)NC2(C#N)CCCC2)c1. The Morgan fingerprint density at radius 3 is 2.65 bits per heavy atom. The average Bonchev–Trinajstić information content (AvgIpc) is 2.96. The van der Waals surface area contributed by atoms with Crippen LogP contribution in [0.1, 0.15) is 32.6 Å². The minimum absolute atomic E-state index is 0.115. The lowest BCUT2D eigenvalue weighted by Crippen LogP contribution is -2.47. The molecule has 7 heteroatoms. The van der Waals surface area contributed by atoms with E-state index in [1.54, 1.807) is 0 Å². The zero-order chi connectivity index (χ0) is 16.9. The van der Waals surface area contributed by atoms with Crippen LogP contribution in [0.3, 0.4) is 0 Å². The third kappa shape index (κ3) is 4.42. The molecule has 23 heavy (non-hydrogen) atoms. The second-order valence-electron chi connectivity index (χ2n) is 5.68. The number of anilines is 2. The number of nitrogens with zero attached hydrogens (tertiary/aromatic N) is 1. The molecule has 122 valence electrons. The predicted octanol–water partition coefficient (Wildman–Crippen LogP) is 2.15. The summed E-state index contributed by atoms with van der Waals surface area (Å²) in [4.78, 5) is 23.0. The van der Waals surface area contributed by atoms with Gasteiger partial charge in [-0.15, -0.1) is 0 Å². The number of carbonyl (C=O) groups excluding carboxylic acids is 2. The van der Waals surface area contributed by atoms with Crippen LogP contribution in [0.15, 0.2) is 18.2 Å². The second kappa shape index (κ2) is 7.09. The van der Waals surface area contributed by atoms with Crippen molar-refractivity contribution >= 4 is 23.2 Å². The van der Waals surface area contributed by atoms with Crippen LogP contribution in [0.2, 0.25) is 0 Å². The van der Waals surface area contributed by atoms with Gasteiger partial charge in [-0.1, -0.05) is 0 Å². The molecule has 0 heterocycles. The van der Waals surface area contributed by atoms with Gasteiger partial charge >= 0.3 is 0 Å². The fraction of sp³-hybridized carbons (Fsp3) is 0.438. The molecule has 2 rings (SSSR count). The average molecular weight is 318 g/mol. The highest BCUT2D eigenvalue weighted by atomic mass is 19.1. The van der Waals surface area contributed by atoms with Crippen LogP contribution >= 0.6 is 0 Å². The van der Waals surface area contributed by atoms with Crippen molar-refractivity contribution in [2.75, 3.05) is 17.2 Å². The molecule has 2 amide bonds. The maximum absolute atomic E-state index is 13.7. The molecule has 0 atom stereocenters. The molecule has 0 aliphatic heterocycles. The number of hydrogen-bond acceptors (Lipinski definition) is 4. The lowest BCUT2D eigenvalue weighted by Gasteiger charge is -2.22. The first-order chi connectivity index (χ1) is 10.9. The largest absolute Gasteiger partial charge is 0.374 e. The number of amides is 2. The second-order valence-corrected chi connectivity index (χ2v) is 5.68. The molecule has 0 spiro atoms. The number of nitriles is 1. The highest BCUT2D eigenvalue weighted by Crippen LogP contribution is 2.28. The van der Waals surface area contributed by atoms with Crippen molar-refractivity contribution in [2.24, 2.45) is 0 Å². The van der Waals surface area contributed by atoms with E-state index < -0.39 is 11.4 Å². The molecule has 1 saturated carbocycles. The molecule has 1 aromatic carbocycles. The normalized spacial score (nSPS) is 15.5. The Kier molecular flexibility index (Phi) is 5.16. The number of hydrogen-bond donors (Lipinski definition) is 3. The first kappa shape index (κ1) is 16.7. The number of carbonyl (C=O) groups is 2. The topological polar surface area (TPSA) is 94.0 Å². The van der Waals surface area contributed by atoms with E-state index in [-0.39, 0.29) is 24.0 Å². The monoisotopic (exact) mass is 318 g/mol. The molecule has 0 bridgehead atoms. The fourth-order valence-electron chi connectivity index (χ4n) is 2.67. The summed E-state index contributed by atoms with van der Waals surface area (Å²) in [5, 5.41) is 17.2. The maximum Gasteiger partial charge on any atom is 0.240 e. The molecule has 1 aliphatic carbocycles. The van der Waals surface area contributed by atoms with Crippen LogP contribution < -0.4 is 16.0 Å². The first-order valence-corrected chi connectivity index (χ1v) is 7.47. The van der Waals surface area contributed by atoms with Crippen LogP contribution in [-0.2, 0) is 9.59 Å². The van der Waals surface area contributed by atoms with Gasteiger partial charge in [-0.2, -0.15) is 5.26 Å². The van der Waals surface area contributed by atoms with Crippen LogP contribution in [0, 0.1) is 17.1 Å². The van der Waals surface area contributed by atoms with E-state index >= 15 is 0 Å².